The predicted molar refractivity (Wildman–Crippen MR) is 90.8 cm³/mol. The smallest absolute Gasteiger partial charge is 0.0332 e. The Bertz CT molecular complexity index is 538. The molecule has 0 radical (unpaired) electrons. The third kappa shape index (κ3) is 3.54. The molecule has 0 aliphatic carbocycles. The maximum atomic E-state index is 3.71. The van der Waals surface area contributed by atoms with Crippen molar-refractivity contribution in [3.63, 3.8) is 0 Å². The fourth-order valence-corrected chi connectivity index (χ4v) is 3.98. The van der Waals surface area contributed by atoms with Crippen molar-refractivity contribution >= 4 is 11.3 Å². The Hall–Kier alpha value is -1.16. The molecule has 1 aliphatic rings. The molecule has 1 N–H and O–H groups in total. The molecule has 2 heterocycles. The van der Waals surface area contributed by atoms with E-state index in [1.807, 2.05) is 0 Å². The number of hydrogen-bond donors (Lipinski definition) is 1. The zero-order valence-corrected chi connectivity index (χ0v) is 13.6. The molecule has 3 unspecified atom stereocenters. The van der Waals surface area contributed by atoms with Gasteiger partial charge in [0.05, 0.1) is 0 Å². The first-order valence-electron chi connectivity index (χ1n) is 7.79. The van der Waals surface area contributed by atoms with E-state index < -0.39 is 0 Å². The molecular weight excluding hydrogens is 276 g/mol. The van der Waals surface area contributed by atoms with E-state index >= 15 is 0 Å². The van der Waals surface area contributed by atoms with Crippen molar-refractivity contribution in [3.05, 3.63) is 58.3 Å². The highest BCUT2D eigenvalue weighted by Crippen LogP contribution is 2.26. The standard InChI is InChI=1S/C18H24N2S/c1-14-11-19-18(10-16-6-4-3-5-7-16)12-20(14)15(2)17-8-9-21-13-17/h3-9,13-15,18-19H,10-12H2,1-2H3. The first-order valence-corrected chi connectivity index (χ1v) is 8.73. The third-order valence-electron chi connectivity index (χ3n) is 4.55. The van der Waals surface area contributed by atoms with Crippen LogP contribution in [-0.4, -0.2) is 30.1 Å². The molecule has 0 spiro atoms. The molecule has 1 fully saturated rings. The number of thiophene rings is 1. The molecule has 2 nitrogen and oxygen atoms in total. The van der Waals surface area contributed by atoms with E-state index in [0.717, 1.165) is 19.5 Å². The first kappa shape index (κ1) is 14.8. The molecule has 1 aliphatic heterocycles. The lowest BCUT2D eigenvalue weighted by atomic mass is 9.99. The number of piperazine rings is 1. The highest BCUT2D eigenvalue weighted by molar-refractivity contribution is 7.07. The average molecular weight is 300 g/mol. The van der Waals surface area contributed by atoms with E-state index in [-0.39, 0.29) is 0 Å². The molecule has 0 amide bonds. The monoisotopic (exact) mass is 300 g/mol. The Kier molecular flexibility index (Phi) is 4.73. The normalized spacial score (nSPS) is 24.9. The number of nitrogens with one attached hydrogen (secondary N) is 1. The summed E-state index contributed by atoms with van der Waals surface area (Å²) in [4.78, 5) is 2.64. The van der Waals surface area contributed by atoms with Gasteiger partial charge in [-0.1, -0.05) is 30.3 Å². The second kappa shape index (κ2) is 6.73. The van der Waals surface area contributed by atoms with Crippen molar-refractivity contribution in [1.29, 1.82) is 0 Å². The zero-order chi connectivity index (χ0) is 14.7. The summed E-state index contributed by atoms with van der Waals surface area (Å²) in [5, 5.41) is 8.17. The fourth-order valence-electron chi connectivity index (χ4n) is 3.23. The van der Waals surface area contributed by atoms with Gasteiger partial charge in [-0.25, -0.2) is 0 Å². The molecule has 21 heavy (non-hydrogen) atoms. The molecule has 1 saturated heterocycles. The van der Waals surface area contributed by atoms with Gasteiger partial charge in [-0.3, -0.25) is 4.90 Å². The number of rotatable bonds is 4. The summed E-state index contributed by atoms with van der Waals surface area (Å²) in [6.45, 7) is 6.86. The van der Waals surface area contributed by atoms with E-state index in [4.69, 9.17) is 0 Å². The summed E-state index contributed by atoms with van der Waals surface area (Å²) in [5.41, 5.74) is 2.87. The van der Waals surface area contributed by atoms with E-state index in [9.17, 15) is 0 Å². The Labute approximate surface area is 131 Å². The van der Waals surface area contributed by atoms with Crippen molar-refractivity contribution < 1.29 is 0 Å². The van der Waals surface area contributed by atoms with Crippen LogP contribution in [0.4, 0.5) is 0 Å². The summed E-state index contributed by atoms with van der Waals surface area (Å²) in [5.74, 6) is 0. The largest absolute Gasteiger partial charge is 0.311 e. The average Bonchev–Trinajstić information content (AvgIpc) is 3.04. The minimum absolute atomic E-state index is 0.506. The molecule has 0 saturated carbocycles. The Morgan fingerprint density at radius 2 is 2.10 bits per heavy atom. The lowest BCUT2D eigenvalue weighted by Crippen LogP contribution is -2.56. The van der Waals surface area contributed by atoms with Crippen LogP contribution in [0.1, 0.15) is 31.0 Å². The second-order valence-corrected chi connectivity index (χ2v) is 6.85. The van der Waals surface area contributed by atoms with Crippen molar-refractivity contribution in [2.75, 3.05) is 13.1 Å². The Balaban J connectivity index is 1.67. The van der Waals surface area contributed by atoms with E-state index in [1.165, 1.54) is 11.1 Å². The topological polar surface area (TPSA) is 15.3 Å². The second-order valence-electron chi connectivity index (χ2n) is 6.07. The van der Waals surface area contributed by atoms with Crippen LogP contribution < -0.4 is 5.32 Å². The number of nitrogens with zero attached hydrogens (tertiary/aromatic N) is 1. The molecular formula is C18H24N2S. The van der Waals surface area contributed by atoms with Crippen LogP contribution >= 0.6 is 11.3 Å². The number of benzene rings is 1. The minimum atomic E-state index is 0.506. The third-order valence-corrected chi connectivity index (χ3v) is 5.25. The molecule has 112 valence electrons. The quantitative estimate of drug-likeness (QED) is 0.926. The highest BCUT2D eigenvalue weighted by atomic mass is 32.1. The fraction of sp³-hybridized carbons (Fsp3) is 0.444. The van der Waals surface area contributed by atoms with Crippen molar-refractivity contribution in [3.8, 4) is 0 Å². The SMILES string of the molecule is CC1CNC(Cc2ccccc2)CN1C(C)c1ccsc1. The van der Waals surface area contributed by atoms with Gasteiger partial charge in [-0.05, 0) is 48.2 Å². The molecule has 3 atom stereocenters. The highest BCUT2D eigenvalue weighted by Gasteiger charge is 2.29. The zero-order valence-electron chi connectivity index (χ0n) is 12.8. The Morgan fingerprint density at radius 1 is 1.29 bits per heavy atom. The van der Waals surface area contributed by atoms with Gasteiger partial charge in [-0.15, -0.1) is 0 Å². The Morgan fingerprint density at radius 3 is 2.81 bits per heavy atom. The van der Waals surface area contributed by atoms with Gasteiger partial charge in [-0.2, -0.15) is 11.3 Å². The van der Waals surface area contributed by atoms with Crippen LogP contribution in [0.15, 0.2) is 47.2 Å². The first-order chi connectivity index (χ1) is 10.2. The molecule has 0 bridgehead atoms. The summed E-state index contributed by atoms with van der Waals surface area (Å²) in [6.07, 6.45) is 1.11. The summed E-state index contributed by atoms with van der Waals surface area (Å²) < 4.78 is 0. The van der Waals surface area contributed by atoms with E-state index in [2.05, 4.69) is 71.2 Å². The van der Waals surface area contributed by atoms with Gasteiger partial charge in [0.1, 0.15) is 0 Å². The maximum Gasteiger partial charge on any atom is 0.0332 e. The van der Waals surface area contributed by atoms with E-state index in [0.29, 0.717) is 18.1 Å². The van der Waals surface area contributed by atoms with Gasteiger partial charge >= 0.3 is 0 Å². The summed E-state index contributed by atoms with van der Waals surface area (Å²) in [6, 6.07) is 14.7. The van der Waals surface area contributed by atoms with Gasteiger partial charge in [0.2, 0.25) is 0 Å². The predicted octanol–water partition coefficient (Wildman–Crippen LogP) is 3.71. The lowest BCUT2D eigenvalue weighted by Gasteiger charge is -2.42. The molecule has 3 rings (SSSR count). The van der Waals surface area contributed by atoms with Crippen LogP contribution in [0, 0.1) is 0 Å². The van der Waals surface area contributed by atoms with Crippen LogP contribution in [-0.2, 0) is 6.42 Å². The van der Waals surface area contributed by atoms with Crippen molar-refractivity contribution in [1.82, 2.24) is 10.2 Å². The minimum Gasteiger partial charge on any atom is -0.311 e. The van der Waals surface area contributed by atoms with Crippen molar-refractivity contribution in [2.45, 2.75) is 38.4 Å². The van der Waals surface area contributed by atoms with Crippen molar-refractivity contribution in [2.24, 2.45) is 0 Å². The van der Waals surface area contributed by atoms with E-state index in [1.54, 1.807) is 11.3 Å². The van der Waals surface area contributed by atoms with Gasteiger partial charge in [0, 0.05) is 31.2 Å². The molecule has 1 aromatic heterocycles. The van der Waals surface area contributed by atoms with Gasteiger partial charge in [0.25, 0.3) is 0 Å². The molecule has 1 aromatic carbocycles. The summed E-state index contributed by atoms with van der Waals surface area (Å²) >= 11 is 1.79. The van der Waals surface area contributed by atoms with Gasteiger partial charge in [0.15, 0.2) is 0 Å². The van der Waals surface area contributed by atoms with Crippen LogP contribution in [0.3, 0.4) is 0 Å². The van der Waals surface area contributed by atoms with Crippen LogP contribution in [0.5, 0.6) is 0 Å². The summed E-state index contributed by atoms with van der Waals surface area (Å²) in [7, 11) is 0. The molecule has 2 aromatic rings. The van der Waals surface area contributed by atoms with Crippen LogP contribution in [0.2, 0.25) is 0 Å². The van der Waals surface area contributed by atoms with Crippen LogP contribution in [0.25, 0.3) is 0 Å². The lowest BCUT2D eigenvalue weighted by molar-refractivity contribution is 0.0988. The number of hydrogen-bond acceptors (Lipinski definition) is 3. The molecule has 3 heteroatoms. The maximum absolute atomic E-state index is 3.71. The van der Waals surface area contributed by atoms with Gasteiger partial charge < -0.3 is 5.32 Å².